The summed E-state index contributed by atoms with van der Waals surface area (Å²) in [6, 6.07) is 13.2. The lowest BCUT2D eigenvalue weighted by molar-refractivity contribution is -0.404. The second-order valence-electron chi connectivity index (χ2n) is 18.0. The van der Waals surface area contributed by atoms with Crippen LogP contribution >= 0.6 is 0 Å². The molecule has 0 saturated heterocycles. The second kappa shape index (κ2) is 21.3. The fourth-order valence-electron chi connectivity index (χ4n) is 9.19. The number of amides is 2. The average Bonchev–Trinajstić information content (AvgIpc) is 3.75. The smallest absolute Gasteiger partial charge is 0.303 e. The highest BCUT2D eigenvalue weighted by atomic mass is 16.5. The Kier molecular flexibility index (Phi) is 14.8. The monoisotopic (exact) mass is 957 g/mol. The zero-order valence-corrected chi connectivity index (χ0v) is 39.9. The number of carbonyl (C=O) groups excluding carboxylic acids is 2. The Bertz CT molecular complexity index is 2810. The third kappa shape index (κ3) is 10.6. The molecular weight excluding hydrogens is 899 g/mol. The van der Waals surface area contributed by atoms with E-state index in [1.165, 1.54) is 13.3 Å². The number of carboxylic acids is 1. The van der Waals surface area contributed by atoms with Crippen LogP contribution in [-0.4, -0.2) is 101 Å². The van der Waals surface area contributed by atoms with Gasteiger partial charge in [0.05, 0.1) is 64.8 Å². The molecule has 4 unspecified atom stereocenters. The molecule has 18 heteroatoms. The van der Waals surface area contributed by atoms with Crippen molar-refractivity contribution in [1.82, 2.24) is 14.5 Å². The quantitative estimate of drug-likeness (QED) is 0.0462. The van der Waals surface area contributed by atoms with Crippen LogP contribution in [0, 0.1) is 28.2 Å². The van der Waals surface area contributed by atoms with Gasteiger partial charge in [0.1, 0.15) is 11.8 Å². The van der Waals surface area contributed by atoms with Crippen LogP contribution in [0.5, 0.6) is 28.7 Å². The molecule has 4 heterocycles. The molecule has 2 amide bonds. The molecule has 368 valence electrons. The number of fused-ring (bicyclic) bond motifs is 4. The summed E-state index contributed by atoms with van der Waals surface area (Å²) in [6.45, 7) is 5.19. The van der Waals surface area contributed by atoms with Gasteiger partial charge in [0.15, 0.2) is 45.8 Å². The van der Waals surface area contributed by atoms with E-state index >= 15 is 0 Å². The van der Waals surface area contributed by atoms with Crippen LogP contribution in [0.2, 0.25) is 0 Å². The lowest BCUT2D eigenvalue weighted by Crippen LogP contribution is -2.51. The number of carbonyl (C=O) groups is 3. The SMILES string of the molecule is COc1ccc(C2=CC=C3C(C2)Cn2cc(OCCCOc4cn5c(c4OC)C=[N+]([O-])C4=CC=C(c6ccc(NC(=O)C(CCC(=O)O)NC(=O)C(N)C(C)C)cc6)CC4C5)c(OC)c2C=[N+]3[O-])cc1. The molecule has 0 spiro atoms. The maximum atomic E-state index is 13.6. The predicted molar refractivity (Wildman–Crippen MR) is 263 cm³/mol. The number of allylic oxidation sites excluding steroid dienone is 8. The Hall–Kier alpha value is -7.73. The fraction of sp³-hybridized carbons (Fsp3) is 0.365. The van der Waals surface area contributed by atoms with Crippen molar-refractivity contribution in [3.63, 3.8) is 0 Å². The topological polar surface area (TPSA) is 230 Å². The maximum Gasteiger partial charge on any atom is 0.303 e. The number of carboxylic acid groups (broad SMARTS) is 1. The zero-order chi connectivity index (χ0) is 49.6. The highest BCUT2D eigenvalue weighted by molar-refractivity contribution is 5.98. The van der Waals surface area contributed by atoms with Crippen molar-refractivity contribution in [3.8, 4) is 28.7 Å². The molecule has 4 aliphatic rings. The van der Waals surface area contributed by atoms with Gasteiger partial charge in [-0.15, -0.1) is 0 Å². The summed E-state index contributed by atoms with van der Waals surface area (Å²) < 4.78 is 35.2. The molecule has 18 nitrogen and oxygen atoms in total. The van der Waals surface area contributed by atoms with Crippen LogP contribution in [0.1, 0.15) is 68.5 Å². The van der Waals surface area contributed by atoms with E-state index in [4.69, 9.17) is 29.4 Å². The van der Waals surface area contributed by atoms with Crippen LogP contribution in [0.15, 0.2) is 96.6 Å². The van der Waals surface area contributed by atoms with E-state index in [0.717, 1.165) is 37.5 Å². The molecule has 5 N–H and O–H groups in total. The van der Waals surface area contributed by atoms with Gasteiger partial charge in [-0.3, -0.25) is 14.4 Å². The molecular formula is C52H59N7O11. The number of methoxy groups -OCH3 is 3. The molecule has 2 aliphatic carbocycles. The van der Waals surface area contributed by atoms with E-state index in [0.29, 0.717) is 90.4 Å². The van der Waals surface area contributed by atoms with E-state index in [1.807, 2.05) is 82.2 Å². The molecule has 0 bridgehead atoms. The molecule has 2 aromatic heterocycles. The molecule has 4 aromatic rings. The first-order chi connectivity index (χ1) is 33.7. The van der Waals surface area contributed by atoms with Crippen LogP contribution in [0.3, 0.4) is 0 Å². The minimum atomic E-state index is -1.09. The number of hydrogen-bond donors (Lipinski definition) is 4. The molecule has 0 radical (unpaired) electrons. The summed E-state index contributed by atoms with van der Waals surface area (Å²) in [6.07, 6.45) is 15.8. The van der Waals surface area contributed by atoms with E-state index in [2.05, 4.69) is 10.6 Å². The van der Waals surface area contributed by atoms with Crippen LogP contribution in [0.25, 0.3) is 11.1 Å². The predicted octanol–water partition coefficient (Wildman–Crippen LogP) is 6.30. The minimum Gasteiger partial charge on any atom is -0.618 e. The Morgan fingerprint density at radius 1 is 0.743 bits per heavy atom. The molecule has 0 fully saturated rings. The van der Waals surface area contributed by atoms with Gasteiger partial charge >= 0.3 is 5.97 Å². The van der Waals surface area contributed by atoms with Crippen LogP contribution < -0.4 is 40.1 Å². The highest BCUT2D eigenvalue weighted by Gasteiger charge is 2.35. The van der Waals surface area contributed by atoms with E-state index < -0.39 is 29.9 Å². The Morgan fingerprint density at radius 2 is 1.24 bits per heavy atom. The van der Waals surface area contributed by atoms with Gasteiger partial charge in [0.2, 0.25) is 24.2 Å². The third-order valence-electron chi connectivity index (χ3n) is 13.1. The third-order valence-corrected chi connectivity index (χ3v) is 13.1. The lowest BCUT2D eigenvalue weighted by atomic mass is 9.87. The van der Waals surface area contributed by atoms with Gasteiger partial charge in [-0.2, -0.15) is 9.48 Å². The fourth-order valence-corrected chi connectivity index (χ4v) is 9.19. The Morgan fingerprint density at radius 3 is 1.70 bits per heavy atom. The number of hydrogen-bond acceptors (Lipinski definition) is 11. The van der Waals surface area contributed by atoms with Gasteiger partial charge in [0, 0.05) is 43.8 Å². The number of rotatable bonds is 19. The number of benzene rings is 2. The lowest BCUT2D eigenvalue weighted by Gasteiger charge is -2.23. The normalized spacial score (nSPS) is 17.9. The van der Waals surface area contributed by atoms with Gasteiger partial charge in [-0.25, -0.2) is 0 Å². The summed E-state index contributed by atoms with van der Waals surface area (Å²) in [5, 5.41) is 41.7. The summed E-state index contributed by atoms with van der Waals surface area (Å²) in [7, 11) is 4.74. The van der Waals surface area contributed by atoms with Crippen LogP contribution in [0.4, 0.5) is 5.69 Å². The second-order valence-corrected chi connectivity index (χ2v) is 18.0. The van der Waals surface area contributed by atoms with Crippen molar-refractivity contribution in [2.24, 2.45) is 23.5 Å². The summed E-state index contributed by atoms with van der Waals surface area (Å²) in [5.74, 6) is 0.113. The largest absolute Gasteiger partial charge is 0.618 e. The molecule has 0 saturated carbocycles. The molecule has 4 atom stereocenters. The summed E-state index contributed by atoms with van der Waals surface area (Å²) >= 11 is 0. The van der Waals surface area contributed by atoms with Crippen molar-refractivity contribution in [3.05, 3.63) is 130 Å². The van der Waals surface area contributed by atoms with Crippen molar-refractivity contribution in [2.75, 3.05) is 39.9 Å². The van der Waals surface area contributed by atoms with Gasteiger partial charge in [-0.1, -0.05) is 50.3 Å². The van der Waals surface area contributed by atoms with Gasteiger partial charge in [-0.05, 0) is 71.7 Å². The molecule has 70 heavy (non-hydrogen) atoms. The number of ether oxygens (including phenoxy) is 5. The maximum absolute atomic E-state index is 13.6. The Labute approximate surface area is 405 Å². The first-order valence-electron chi connectivity index (χ1n) is 23.3. The number of nitrogens with one attached hydrogen (secondary N) is 2. The van der Waals surface area contributed by atoms with Crippen molar-refractivity contribution in [1.29, 1.82) is 0 Å². The minimum absolute atomic E-state index is 0.0627. The summed E-state index contributed by atoms with van der Waals surface area (Å²) in [5.41, 5.74) is 13.0. The number of nitrogens with zero attached hydrogens (tertiary/aromatic N) is 4. The first-order valence-corrected chi connectivity index (χ1v) is 23.3. The highest BCUT2D eigenvalue weighted by Crippen LogP contribution is 2.41. The van der Waals surface area contributed by atoms with E-state index in [9.17, 15) is 29.9 Å². The molecule has 2 aromatic carbocycles. The first kappa shape index (κ1) is 48.7. The van der Waals surface area contributed by atoms with Crippen molar-refractivity contribution in [2.45, 2.75) is 71.1 Å². The van der Waals surface area contributed by atoms with Gasteiger partial charge in [0.25, 0.3) is 0 Å². The van der Waals surface area contributed by atoms with E-state index in [-0.39, 0.29) is 37.2 Å². The molecule has 8 rings (SSSR count). The number of nitrogens with two attached hydrogens (primary N) is 1. The number of anilines is 1. The van der Waals surface area contributed by atoms with Crippen molar-refractivity contribution >= 4 is 47.0 Å². The average molecular weight is 958 g/mol. The number of aromatic nitrogens is 2. The van der Waals surface area contributed by atoms with E-state index in [1.54, 1.807) is 46.4 Å². The standard InChI is InChI=1S/C52H59N7O11/c1-31(2)48(53)52(63)55-40(17-20-47(60)61)51(62)54-38-13-7-32(8-14-38)34-11-18-41-36(23-34)25-56-29-45(49(67-4)43(56)27-58(41)64)69-21-6-22-70-46-30-57-26-37-24-35(33-9-15-39(66-3)16-10-33)12-19-42(37)59(65)28-44(57)50(46)68-5/h7-16,18-19,27-31,36-37,40,48H,6,17,20-26,53H2,1-5H3,(H,54,62)(H,55,63)(H,60,61). The van der Waals surface area contributed by atoms with Crippen molar-refractivity contribution < 1.29 is 52.7 Å². The summed E-state index contributed by atoms with van der Waals surface area (Å²) in [4.78, 5) is 37.2. The Balaban J connectivity index is 0.869. The van der Waals surface area contributed by atoms with Crippen LogP contribution in [-0.2, 0) is 27.5 Å². The van der Waals surface area contributed by atoms with Gasteiger partial charge < -0.3 is 64.7 Å². The zero-order valence-electron chi connectivity index (χ0n) is 39.9. The molecule has 2 aliphatic heterocycles. The number of aliphatic carboxylic acids is 1. The number of hydroxylamine groups is 2.